The summed E-state index contributed by atoms with van der Waals surface area (Å²) < 4.78 is 5.63. The summed E-state index contributed by atoms with van der Waals surface area (Å²) in [5.41, 5.74) is 6.20. The molecule has 0 aliphatic rings. The highest BCUT2D eigenvalue weighted by molar-refractivity contribution is 5.99. The third-order valence-corrected chi connectivity index (χ3v) is 2.53. The zero-order chi connectivity index (χ0) is 12.5. The Hall–Kier alpha value is -1.71. The quantitative estimate of drug-likeness (QED) is 0.251. The molecule has 0 unspecified atom stereocenters. The van der Waals surface area contributed by atoms with Crippen molar-refractivity contribution >= 4 is 5.84 Å². The van der Waals surface area contributed by atoms with Gasteiger partial charge in [0.05, 0.1) is 12.2 Å². The number of nitrogens with two attached hydrogens (primary N) is 1. The van der Waals surface area contributed by atoms with Crippen LogP contribution in [0.2, 0.25) is 0 Å². The molecule has 0 atom stereocenters. The average molecular weight is 236 g/mol. The van der Waals surface area contributed by atoms with E-state index in [1.165, 1.54) is 19.3 Å². The van der Waals surface area contributed by atoms with Crippen molar-refractivity contribution in [3.63, 3.8) is 0 Å². The van der Waals surface area contributed by atoms with E-state index in [0.29, 0.717) is 17.9 Å². The monoisotopic (exact) mass is 236 g/mol. The second kappa shape index (κ2) is 7.54. The van der Waals surface area contributed by atoms with E-state index >= 15 is 0 Å². The summed E-state index contributed by atoms with van der Waals surface area (Å²) in [5, 5.41) is 11.7. The Labute approximate surface area is 102 Å². The summed E-state index contributed by atoms with van der Waals surface area (Å²) in [7, 11) is 0. The number of rotatable bonds is 7. The van der Waals surface area contributed by atoms with Gasteiger partial charge in [0.15, 0.2) is 5.84 Å². The molecule has 4 nitrogen and oxygen atoms in total. The lowest BCUT2D eigenvalue weighted by Crippen LogP contribution is -2.15. The topological polar surface area (TPSA) is 67.8 Å². The van der Waals surface area contributed by atoms with Crippen molar-refractivity contribution in [3.8, 4) is 5.75 Å². The number of hydrogen-bond donors (Lipinski definition) is 2. The van der Waals surface area contributed by atoms with Gasteiger partial charge in [-0.3, -0.25) is 0 Å². The molecule has 0 spiro atoms. The minimum Gasteiger partial charge on any atom is -0.493 e. The van der Waals surface area contributed by atoms with E-state index in [-0.39, 0.29) is 5.84 Å². The van der Waals surface area contributed by atoms with E-state index in [2.05, 4.69) is 12.1 Å². The molecule has 4 heteroatoms. The van der Waals surface area contributed by atoms with Crippen LogP contribution in [0.25, 0.3) is 0 Å². The highest BCUT2D eigenvalue weighted by Crippen LogP contribution is 2.18. The molecule has 0 aliphatic heterocycles. The first-order chi connectivity index (χ1) is 8.29. The molecule has 0 heterocycles. The maximum atomic E-state index is 8.66. The first kappa shape index (κ1) is 13.4. The van der Waals surface area contributed by atoms with Gasteiger partial charge in [0.2, 0.25) is 0 Å². The minimum absolute atomic E-state index is 0.0779. The summed E-state index contributed by atoms with van der Waals surface area (Å²) in [6.07, 6.45) is 4.63. The van der Waals surface area contributed by atoms with Crippen LogP contribution in [0.5, 0.6) is 5.75 Å². The number of unbranched alkanes of at least 4 members (excludes halogenated alkanes) is 3. The van der Waals surface area contributed by atoms with Crippen molar-refractivity contribution in [1.29, 1.82) is 0 Å². The largest absolute Gasteiger partial charge is 0.493 e. The van der Waals surface area contributed by atoms with Crippen molar-refractivity contribution in [3.05, 3.63) is 29.8 Å². The Bertz CT molecular complexity index is 364. The molecule has 0 bridgehead atoms. The number of oxime groups is 1. The molecule has 1 aromatic rings. The summed E-state index contributed by atoms with van der Waals surface area (Å²) in [5.74, 6) is 0.744. The Morgan fingerprint density at radius 1 is 1.29 bits per heavy atom. The van der Waals surface area contributed by atoms with Gasteiger partial charge in [-0.2, -0.15) is 0 Å². The zero-order valence-electron chi connectivity index (χ0n) is 10.2. The maximum Gasteiger partial charge on any atom is 0.173 e. The smallest absolute Gasteiger partial charge is 0.173 e. The molecule has 0 saturated carbocycles. The number of ether oxygens (including phenoxy) is 1. The number of para-hydroxylation sites is 1. The Balaban J connectivity index is 2.53. The number of nitrogens with zero attached hydrogens (tertiary/aromatic N) is 1. The fourth-order valence-corrected chi connectivity index (χ4v) is 1.57. The van der Waals surface area contributed by atoms with E-state index < -0.39 is 0 Å². The van der Waals surface area contributed by atoms with Gasteiger partial charge < -0.3 is 15.7 Å². The van der Waals surface area contributed by atoms with E-state index in [1.54, 1.807) is 6.07 Å². The lowest BCUT2D eigenvalue weighted by atomic mass is 10.2. The van der Waals surface area contributed by atoms with Crippen molar-refractivity contribution in [2.75, 3.05) is 6.61 Å². The Kier molecular flexibility index (Phi) is 5.93. The van der Waals surface area contributed by atoms with Crippen molar-refractivity contribution in [2.24, 2.45) is 10.9 Å². The summed E-state index contributed by atoms with van der Waals surface area (Å²) in [6.45, 7) is 2.84. The van der Waals surface area contributed by atoms with Crippen LogP contribution in [0, 0.1) is 0 Å². The summed E-state index contributed by atoms with van der Waals surface area (Å²) >= 11 is 0. The van der Waals surface area contributed by atoms with Gasteiger partial charge >= 0.3 is 0 Å². The molecule has 0 aromatic heterocycles. The van der Waals surface area contributed by atoms with E-state index in [1.807, 2.05) is 18.2 Å². The zero-order valence-corrected chi connectivity index (χ0v) is 10.2. The Morgan fingerprint density at radius 2 is 2.06 bits per heavy atom. The van der Waals surface area contributed by atoms with E-state index in [0.717, 1.165) is 6.42 Å². The normalized spacial score (nSPS) is 11.5. The van der Waals surface area contributed by atoms with Gasteiger partial charge in [-0.15, -0.1) is 0 Å². The molecule has 0 fully saturated rings. The third-order valence-electron chi connectivity index (χ3n) is 2.53. The molecule has 0 radical (unpaired) electrons. The lowest BCUT2D eigenvalue weighted by Gasteiger charge is -2.10. The number of hydrogen-bond acceptors (Lipinski definition) is 3. The summed E-state index contributed by atoms with van der Waals surface area (Å²) in [4.78, 5) is 0. The van der Waals surface area contributed by atoms with Crippen LogP contribution in [-0.4, -0.2) is 17.6 Å². The van der Waals surface area contributed by atoms with Gasteiger partial charge in [0, 0.05) is 0 Å². The van der Waals surface area contributed by atoms with Gasteiger partial charge in [0.25, 0.3) is 0 Å². The van der Waals surface area contributed by atoms with Gasteiger partial charge in [-0.05, 0) is 18.6 Å². The molecule has 0 aliphatic carbocycles. The summed E-state index contributed by atoms with van der Waals surface area (Å²) in [6, 6.07) is 7.30. The first-order valence-corrected chi connectivity index (χ1v) is 5.99. The highest BCUT2D eigenvalue weighted by Gasteiger charge is 2.06. The molecule has 94 valence electrons. The first-order valence-electron chi connectivity index (χ1n) is 5.99. The van der Waals surface area contributed by atoms with E-state index in [9.17, 15) is 0 Å². The van der Waals surface area contributed by atoms with Gasteiger partial charge in [0.1, 0.15) is 5.75 Å². The van der Waals surface area contributed by atoms with Crippen molar-refractivity contribution < 1.29 is 9.94 Å². The minimum atomic E-state index is 0.0779. The molecule has 0 amide bonds. The SMILES string of the molecule is CCCCCCOc1ccccc1/C(N)=N/O. The molecular formula is C13H20N2O2. The van der Waals surface area contributed by atoms with Crippen LogP contribution in [-0.2, 0) is 0 Å². The lowest BCUT2D eigenvalue weighted by molar-refractivity contribution is 0.302. The molecule has 3 N–H and O–H groups in total. The van der Waals surface area contributed by atoms with E-state index in [4.69, 9.17) is 15.7 Å². The maximum absolute atomic E-state index is 8.66. The Morgan fingerprint density at radius 3 is 2.76 bits per heavy atom. The third kappa shape index (κ3) is 4.34. The fraction of sp³-hybridized carbons (Fsp3) is 0.462. The van der Waals surface area contributed by atoms with Crippen LogP contribution >= 0.6 is 0 Å². The molecule has 0 saturated heterocycles. The van der Waals surface area contributed by atoms with Crippen LogP contribution < -0.4 is 10.5 Å². The molecule has 17 heavy (non-hydrogen) atoms. The van der Waals surface area contributed by atoms with Crippen molar-refractivity contribution in [2.45, 2.75) is 32.6 Å². The van der Waals surface area contributed by atoms with Crippen LogP contribution in [0.3, 0.4) is 0 Å². The molecule has 1 rings (SSSR count). The van der Waals surface area contributed by atoms with Crippen molar-refractivity contribution in [1.82, 2.24) is 0 Å². The van der Waals surface area contributed by atoms with Gasteiger partial charge in [-0.1, -0.05) is 43.5 Å². The fourth-order valence-electron chi connectivity index (χ4n) is 1.57. The van der Waals surface area contributed by atoms with Gasteiger partial charge in [-0.25, -0.2) is 0 Å². The average Bonchev–Trinajstić information content (AvgIpc) is 2.38. The van der Waals surface area contributed by atoms with Crippen LogP contribution in [0.15, 0.2) is 29.4 Å². The standard InChI is InChI=1S/C13H20N2O2/c1-2-3-4-7-10-17-12-9-6-5-8-11(12)13(14)15-16/h5-6,8-9,16H,2-4,7,10H2,1H3,(H2,14,15). The highest BCUT2D eigenvalue weighted by atomic mass is 16.5. The van der Waals surface area contributed by atoms with Crippen LogP contribution in [0.4, 0.5) is 0 Å². The molecular weight excluding hydrogens is 216 g/mol. The predicted molar refractivity (Wildman–Crippen MR) is 68.6 cm³/mol. The predicted octanol–water partition coefficient (Wildman–Crippen LogP) is 2.74. The second-order valence-corrected chi connectivity index (χ2v) is 3.89. The number of benzene rings is 1. The number of amidine groups is 1. The second-order valence-electron chi connectivity index (χ2n) is 3.89. The van der Waals surface area contributed by atoms with Crippen LogP contribution in [0.1, 0.15) is 38.2 Å². The molecule has 1 aromatic carbocycles.